The topological polar surface area (TPSA) is 32.7 Å². The van der Waals surface area contributed by atoms with Crippen molar-refractivity contribution in [3.05, 3.63) is 0 Å². The van der Waals surface area contributed by atoms with Crippen molar-refractivity contribution in [3.8, 4) is 0 Å². The average molecular weight is 215 g/mol. The molecule has 0 aromatic rings. The van der Waals surface area contributed by atoms with Gasteiger partial charge in [-0.15, -0.1) is 0 Å². The molecule has 1 atom stereocenters. The smallest absolute Gasteiger partial charge is 0.0757 e. The summed E-state index contributed by atoms with van der Waals surface area (Å²) < 4.78 is 5.85. The maximum Gasteiger partial charge on any atom is 0.0757 e. The zero-order valence-electron chi connectivity index (χ0n) is 10.3. The molecule has 15 heavy (non-hydrogen) atoms. The van der Waals surface area contributed by atoms with E-state index in [1.165, 1.54) is 6.42 Å². The van der Waals surface area contributed by atoms with Crippen LogP contribution >= 0.6 is 0 Å². The van der Waals surface area contributed by atoms with Crippen LogP contribution in [-0.2, 0) is 4.74 Å². The van der Waals surface area contributed by atoms with Crippen LogP contribution in [0.5, 0.6) is 0 Å². The van der Waals surface area contributed by atoms with Gasteiger partial charge in [0.1, 0.15) is 0 Å². The minimum atomic E-state index is -0.00531. The first-order chi connectivity index (χ1) is 7.03. The van der Waals surface area contributed by atoms with Gasteiger partial charge in [0.25, 0.3) is 0 Å². The molecule has 0 spiro atoms. The molecule has 0 saturated carbocycles. The van der Waals surface area contributed by atoms with Crippen LogP contribution in [0.25, 0.3) is 0 Å². The summed E-state index contributed by atoms with van der Waals surface area (Å²) in [5, 5.41) is 8.69. The molecule has 1 aliphatic rings. The van der Waals surface area contributed by atoms with Gasteiger partial charge >= 0.3 is 0 Å². The summed E-state index contributed by atoms with van der Waals surface area (Å²) in [5.41, 5.74) is -0.00531. The van der Waals surface area contributed by atoms with Crippen molar-refractivity contribution in [2.45, 2.75) is 51.7 Å². The van der Waals surface area contributed by atoms with E-state index in [9.17, 15) is 0 Å². The van der Waals surface area contributed by atoms with Crippen LogP contribution in [0.15, 0.2) is 0 Å². The van der Waals surface area contributed by atoms with E-state index in [0.29, 0.717) is 12.7 Å². The average Bonchev–Trinajstić information content (AvgIpc) is 2.09. The van der Waals surface area contributed by atoms with Gasteiger partial charge in [-0.1, -0.05) is 0 Å². The molecule has 1 unspecified atom stereocenters. The highest BCUT2D eigenvalue weighted by molar-refractivity contribution is 4.82. The molecule has 1 heterocycles. The van der Waals surface area contributed by atoms with E-state index in [-0.39, 0.29) is 5.60 Å². The third-order valence-electron chi connectivity index (χ3n) is 2.77. The highest BCUT2D eigenvalue weighted by atomic mass is 16.5. The molecule has 0 amide bonds. The SMILES string of the molecule is CC1CN(CCCCCO)CC(C)(C)O1. The first-order valence-corrected chi connectivity index (χ1v) is 6.04. The van der Waals surface area contributed by atoms with Gasteiger partial charge in [0.2, 0.25) is 0 Å². The monoisotopic (exact) mass is 215 g/mol. The van der Waals surface area contributed by atoms with Gasteiger partial charge in [-0.25, -0.2) is 0 Å². The number of unbranched alkanes of at least 4 members (excludes halogenated alkanes) is 2. The lowest BCUT2D eigenvalue weighted by Gasteiger charge is -2.41. The van der Waals surface area contributed by atoms with Crippen molar-refractivity contribution in [1.82, 2.24) is 4.90 Å². The number of rotatable bonds is 5. The Bertz CT molecular complexity index is 182. The Morgan fingerprint density at radius 3 is 2.67 bits per heavy atom. The molecule has 0 radical (unpaired) electrons. The Balaban J connectivity index is 2.23. The minimum Gasteiger partial charge on any atom is -0.396 e. The highest BCUT2D eigenvalue weighted by Gasteiger charge is 2.30. The number of hydrogen-bond donors (Lipinski definition) is 1. The number of aliphatic hydroxyl groups excluding tert-OH is 1. The summed E-state index contributed by atoms with van der Waals surface area (Å²) in [6.07, 6.45) is 3.58. The van der Waals surface area contributed by atoms with Crippen LogP contribution in [-0.4, -0.2) is 48.0 Å². The maximum absolute atomic E-state index is 8.69. The molecular formula is C12H25NO2. The number of nitrogens with zero attached hydrogens (tertiary/aromatic N) is 1. The predicted molar refractivity (Wildman–Crippen MR) is 62.0 cm³/mol. The van der Waals surface area contributed by atoms with Gasteiger partial charge in [-0.3, -0.25) is 4.90 Å². The van der Waals surface area contributed by atoms with Crippen LogP contribution in [0.1, 0.15) is 40.0 Å². The third-order valence-corrected chi connectivity index (χ3v) is 2.77. The minimum absolute atomic E-state index is 0.00531. The molecular weight excluding hydrogens is 190 g/mol. The lowest BCUT2D eigenvalue weighted by Crippen LogP contribution is -2.51. The van der Waals surface area contributed by atoms with E-state index in [0.717, 1.165) is 32.5 Å². The molecule has 0 aliphatic carbocycles. The molecule has 1 fully saturated rings. The van der Waals surface area contributed by atoms with E-state index in [2.05, 4.69) is 25.7 Å². The van der Waals surface area contributed by atoms with Gasteiger partial charge in [-0.2, -0.15) is 0 Å². The van der Waals surface area contributed by atoms with Crippen molar-refractivity contribution in [2.24, 2.45) is 0 Å². The summed E-state index contributed by atoms with van der Waals surface area (Å²) in [6, 6.07) is 0. The summed E-state index contributed by atoms with van der Waals surface area (Å²) >= 11 is 0. The predicted octanol–water partition coefficient (Wildman–Crippen LogP) is 1.65. The van der Waals surface area contributed by atoms with Crippen molar-refractivity contribution < 1.29 is 9.84 Å². The second-order valence-corrected chi connectivity index (χ2v) is 5.21. The van der Waals surface area contributed by atoms with Crippen LogP contribution in [0.4, 0.5) is 0 Å². The van der Waals surface area contributed by atoms with Crippen LogP contribution < -0.4 is 0 Å². The van der Waals surface area contributed by atoms with Gasteiger partial charge in [0.05, 0.1) is 11.7 Å². The molecule has 0 aromatic heterocycles. The second-order valence-electron chi connectivity index (χ2n) is 5.21. The number of ether oxygens (including phenoxy) is 1. The summed E-state index contributed by atoms with van der Waals surface area (Å²) in [5.74, 6) is 0. The standard InChI is InChI=1S/C12H25NO2/c1-11-9-13(7-5-4-6-8-14)10-12(2,3)15-11/h11,14H,4-10H2,1-3H3. The zero-order valence-corrected chi connectivity index (χ0v) is 10.3. The Morgan fingerprint density at radius 1 is 1.33 bits per heavy atom. The van der Waals surface area contributed by atoms with E-state index in [1.807, 2.05) is 0 Å². The Kier molecular flexibility index (Phi) is 5.03. The van der Waals surface area contributed by atoms with Gasteiger partial charge in [0, 0.05) is 19.7 Å². The lowest BCUT2D eigenvalue weighted by molar-refractivity contribution is -0.128. The molecule has 3 heteroatoms. The van der Waals surface area contributed by atoms with E-state index < -0.39 is 0 Å². The summed E-state index contributed by atoms with van der Waals surface area (Å²) in [4.78, 5) is 2.48. The molecule has 1 aliphatic heterocycles. The molecule has 1 saturated heterocycles. The first kappa shape index (κ1) is 12.9. The Hall–Kier alpha value is -0.120. The van der Waals surface area contributed by atoms with E-state index in [1.54, 1.807) is 0 Å². The lowest BCUT2D eigenvalue weighted by atomic mass is 10.1. The summed E-state index contributed by atoms with van der Waals surface area (Å²) in [7, 11) is 0. The van der Waals surface area contributed by atoms with Crippen LogP contribution in [0.2, 0.25) is 0 Å². The Labute approximate surface area is 93.4 Å². The zero-order chi connectivity index (χ0) is 11.3. The van der Waals surface area contributed by atoms with Crippen molar-refractivity contribution >= 4 is 0 Å². The van der Waals surface area contributed by atoms with Gasteiger partial charge < -0.3 is 9.84 Å². The fraction of sp³-hybridized carbons (Fsp3) is 1.00. The van der Waals surface area contributed by atoms with Gasteiger partial charge in [0.15, 0.2) is 0 Å². The van der Waals surface area contributed by atoms with E-state index >= 15 is 0 Å². The van der Waals surface area contributed by atoms with Crippen molar-refractivity contribution in [2.75, 3.05) is 26.2 Å². The van der Waals surface area contributed by atoms with E-state index in [4.69, 9.17) is 9.84 Å². The summed E-state index contributed by atoms with van der Waals surface area (Å²) in [6.45, 7) is 9.98. The molecule has 90 valence electrons. The third kappa shape index (κ3) is 4.96. The number of morpholine rings is 1. The molecule has 3 nitrogen and oxygen atoms in total. The van der Waals surface area contributed by atoms with Crippen LogP contribution in [0.3, 0.4) is 0 Å². The fourth-order valence-electron chi connectivity index (χ4n) is 2.38. The van der Waals surface area contributed by atoms with Crippen LogP contribution in [0, 0.1) is 0 Å². The largest absolute Gasteiger partial charge is 0.396 e. The van der Waals surface area contributed by atoms with Crippen molar-refractivity contribution in [1.29, 1.82) is 0 Å². The Morgan fingerprint density at radius 2 is 2.07 bits per heavy atom. The molecule has 0 aromatic carbocycles. The molecule has 1 rings (SSSR count). The maximum atomic E-state index is 8.69. The van der Waals surface area contributed by atoms with Crippen molar-refractivity contribution in [3.63, 3.8) is 0 Å². The van der Waals surface area contributed by atoms with Gasteiger partial charge in [-0.05, 0) is 46.6 Å². The normalized spacial score (nSPS) is 26.8. The number of aliphatic hydroxyl groups is 1. The molecule has 1 N–H and O–H groups in total. The molecule has 0 bridgehead atoms. The number of hydrogen-bond acceptors (Lipinski definition) is 3. The first-order valence-electron chi connectivity index (χ1n) is 6.04. The highest BCUT2D eigenvalue weighted by Crippen LogP contribution is 2.20. The second kappa shape index (κ2) is 5.83. The fourth-order valence-corrected chi connectivity index (χ4v) is 2.38. The quantitative estimate of drug-likeness (QED) is 0.708.